The number of aryl methyl sites for hydroxylation is 3. The zero-order valence-electron chi connectivity index (χ0n) is 14.8. The molecule has 1 aliphatic rings. The number of benzene rings is 1. The van der Waals surface area contributed by atoms with E-state index in [0.29, 0.717) is 37.5 Å². The maximum absolute atomic E-state index is 12.7. The maximum atomic E-state index is 12.7. The number of hydrogen-bond donors (Lipinski definition) is 1. The molecule has 1 saturated heterocycles. The summed E-state index contributed by atoms with van der Waals surface area (Å²) in [5.74, 6) is 0.969. The quantitative estimate of drug-likeness (QED) is 0.931. The molecule has 0 saturated carbocycles. The van der Waals surface area contributed by atoms with Gasteiger partial charge in [-0.2, -0.15) is 0 Å². The second-order valence-electron chi connectivity index (χ2n) is 6.70. The summed E-state index contributed by atoms with van der Waals surface area (Å²) in [5, 5.41) is 6.56. The van der Waals surface area contributed by atoms with Gasteiger partial charge in [-0.3, -0.25) is 9.59 Å². The van der Waals surface area contributed by atoms with Crippen LogP contribution in [0.2, 0.25) is 0 Å². The van der Waals surface area contributed by atoms with Crippen LogP contribution in [0.3, 0.4) is 0 Å². The van der Waals surface area contributed by atoms with Gasteiger partial charge in [-0.25, -0.2) is 0 Å². The minimum atomic E-state index is -0.111. The molecule has 132 valence electrons. The molecule has 1 aliphatic heterocycles. The van der Waals surface area contributed by atoms with Gasteiger partial charge in [0.05, 0.1) is 0 Å². The van der Waals surface area contributed by atoms with E-state index in [1.165, 1.54) is 0 Å². The van der Waals surface area contributed by atoms with Crippen molar-refractivity contribution in [3.8, 4) is 0 Å². The Morgan fingerprint density at radius 3 is 2.48 bits per heavy atom. The second kappa shape index (κ2) is 7.09. The number of hydrogen-bond acceptors (Lipinski definition) is 4. The van der Waals surface area contributed by atoms with E-state index in [4.69, 9.17) is 4.52 Å². The number of nitrogens with one attached hydrogen (secondary N) is 1. The summed E-state index contributed by atoms with van der Waals surface area (Å²) in [6.45, 7) is 6.92. The Morgan fingerprint density at radius 1 is 1.16 bits per heavy atom. The molecule has 25 heavy (non-hydrogen) atoms. The van der Waals surface area contributed by atoms with Crippen molar-refractivity contribution in [1.82, 2.24) is 10.1 Å². The Morgan fingerprint density at radius 2 is 1.88 bits per heavy atom. The van der Waals surface area contributed by atoms with Crippen LogP contribution in [-0.4, -0.2) is 35.0 Å². The van der Waals surface area contributed by atoms with E-state index in [2.05, 4.69) is 10.5 Å². The first-order chi connectivity index (χ1) is 11.9. The van der Waals surface area contributed by atoms with Gasteiger partial charge in [0.25, 0.3) is 5.91 Å². The Hall–Kier alpha value is -2.63. The molecule has 2 heterocycles. The summed E-state index contributed by atoms with van der Waals surface area (Å²) < 4.78 is 4.95. The molecule has 1 aromatic carbocycles. The lowest BCUT2D eigenvalue weighted by atomic mass is 9.95. The molecule has 6 heteroatoms. The number of piperidine rings is 1. The third-order valence-corrected chi connectivity index (χ3v) is 4.64. The normalized spacial score (nSPS) is 15.2. The number of nitrogens with zero attached hydrogens (tertiary/aromatic N) is 2. The van der Waals surface area contributed by atoms with Gasteiger partial charge in [0.1, 0.15) is 5.76 Å². The van der Waals surface area contributed by atoms with Crippen molar-refractivity contribution in [3.05, 3.63) is 46.7 Å². The molecule has 0 aliphatic carbocycles. The van der Waals surface area contributed by atoms with Gasteiger partial charge in [-0.05, 0) is 45.2 Å². The van der Waals surface area contributed by atoms with Crippen molar-refractivity contribution in [3.63, 3.8) is 0 Å². The van der Waals surface area contributed by atoms with Crippen molar-refractivity contribution in [2.45, 2.75) is 33.6 Å². The third-order valence-electron chi connectivity index (χ3n) is 4.64. The Kier molecular flexibility index (Phi) is 4.88. The predicted octanol–water partition coefficient (Wildman–Crippen LogP) is 3.09. The molecule has 1 N–H and O–H groups in total. The van der Waals surface area contributed by atoms with Crippen LogP contribution in [0.4, 0.5) is 5.82 Å². The number of aromatic nitrogens is 1. The topological polar surface area (TPSA) is 75.4 Å². The Labute approximate surface area is 147 Å². The molecule has 1 aromatic heterocycles. The van der Waals surface area contributed by atoms with Crippen LogP contribution in [0.1, 0.15) is 40.1 Å². The van der Waals surface area contributed by atoms with E-state index in [1.807, 2.05) is 36.9 Å². The highest BCUT2D eigenvalue weighted by Gasteiger charge is 2.28. The molecule has 2 aromatic rings. The van der Waals surface area contributed by atoms with Crippen molar-refractivity contribution in [1.29, 1.82) is 0 Å². The largest absolute Gasteiger partial charge is 0.360 e. The van der Waals surface area contributed by atoms with Gasteiger partial charge < -0.3 is 14.7 Å². The smallest absolute Gasteiger partial charge is 0.254 e. The summed E-state index contributed by atoms with van der Waals surface area (Å²) in [5.41, 5.74) is 2.88. The molecule has 3 rings (SSSR count). The van der Waals surface area contributed by atoms with E-state index in [0.717, 1.165) is 16.7 Å². The fraction of sp³-hybridized carbons (Fsp3) is 0.421. The summed E-state index contributed by atoms with van der Waals surface area (Å²) in [7, 11) is 0. The standard InChI is InChI=1S/C19H23N3O3/c1-12-4-5-16(13(2)10-12)19(24)22-8-6-15(7-9-22)18(23)20-17-11-14(3)25-21-17/h4-5,10-11,15H,6-9H2,1-3H3,(H,20,21,23). The van der Waals surface area contributed by atoms with Gasteiger partial charge >= 0.3 is 0 Å². The first-order valence-electron chi connectivity index (χ1n) is 8.55. The van der Waals surface area contributed by atoms with E-state index in [1.54, 1.807) is 13.0 Å². The average Bonchev–Trinajstić information content (AvgIpc) is 2.99. The van der Waals surface area contributed by atoms with Crippen LogP contribution < -0.4 is 5.32 Å². The fourth-order valence-electron chi connectivity index (χ4n) is 3.22. The van der Waals surface area contributed by atoms with Crippen molar-refractivity contribution < 1.29 is 14.1 Å². The zero-order valence-corrected chi connectivity index (χ0v) is 14.8. The molecule has 0 bridgehead atoms. The SMILES string of the molecule is Cc1ccc(C(=O)N2CCC(C(=O)Nc3cc(C)on3)CC2)c(C)c1. The van der Waals surface area contributed by atoms with Crippen LogP contribution >= 0.6 is 0 Å². The van der Waals surface area contributed by atoms with E-state index in [9.17, 15) is 9.59 Å². The molecule has 0 radical (unpaired) electrons. The predicted molar refractivity (Wildman–Crippen MR) is 94.4 cm³/mol. The average molecular weight is 341 g/mol. The summed E-state index contributed by atoms with van der Waals surface area (Å²) in [6, 6.07) is 7.56. The molecular weight excluding hydrogens is 318 g/mol. The Bertz CT molecular complexity index is 789. The third kappa shape index (κ3) is 3.90. The summed E-state index contributed by atoms with van der Waals surface area (Å²) >= 11 is 0. The van der Waals surface area contributed by atoms with Crippen LogP contribution in [0.25, 0.3) is 0 Å². The highest BCUT2D eigenvalue weighted by molar-refractivity contribution is 5.96. The second-order valence-corrected chi connectivity index (χ2v) is 6.70. The monoisotopic (exact) mass is 341 g/mol. The number of rotatable bonds is 3. The number of carbonyl (C=O) groups excluding carboxylic acids is 2. The number of amides is 2. The molecule has 0 spiro atoms. The van der Waals surface area contributed by atoms with Gasteiger partial charge in [-0.15, -0.1) is 0 Å². The van der Waals surface area contributed by atoms with Crippen molar-refractivity contribution in [2.75, 3.05) is 18.4 Å². The van der Waals surface area contributed by atoms with Gasteiger partial charge in [0.15, 0.2) is 5.82 Å². The fourth-order valence-corrected chi connectivity index (χ4v) is 3.22. The maximum Gasteiger partial charge on any atom is 0.254 e. The van der Waals surface area contributed by atoms with Gasteiger partial charge in [0, 0.05) is 30.6 Å². The minimum absolute atomic E-state index is 0.0449. The molecule has 0 unspecified atom stereocenters. The minimum Gasteiger partial charge on any atom is -0.360 e. The van der Waals surface area contributed by atoms with E-state index in [-0.39, 0.29) is 17.7 Å². The number of carbonyl (C=O) groups is 2. The van der Waals surface area contributed by atoms with Crippen LogP contribution in [-0.2, 0) is 4.79 Å². The molecular formula is C19H23N3O3. The van der Waals surface area contributed by atoms with Gasteiger partial charge in [-0.1, -0.05) is 22.9 Å². The van der Waals surface area contributed by atoms with Crippen molar-refractivity contribution in [2.24, 2.45) is 5.92 Å². The summed E-state index contributed by atoms with van der Waals surface area (Å²) in [6.07, 6.45) is 1.30. The van der Waals surface area contributed by atoms with Gasteiger partial charge in [0.2, 0.25) is 5.91 Å². The molecule has 1 fully saturated rings. The molecule has 2 amide bonds. The van der Waals surface area contributed by atoms with Crippen LogP contribution in [0.15, 0.2) is 28.8 Å². The zero-order chi connectivity index (χ0) is 18.0. The highest BCUT2D eigenvalue weighted by Crippen LogP contribution is 2.22. The van der Waals surface area contributed by atoms with E-state index < -0.39 is 0 Å². The first-order valence-corrected chi connectivity index (χ1v) is 8.55. The Balaban J connectivity index is 1.57. The number of anilines is 1. The van der Waals surface area contributed by atoms with E-state index >= 15 is 0 Å². The number of likely N-dealkylation sites (tertiary alicyclic amines) is 1. The highest BCUT2D eigenvalue weighted by atomic mass is 16.5. The lowest BCUT2D eigenvalue weighted by molar-refractivity contribution is -0.121. The first kappa shape index (κ1) is 17.2. The lowest BCUT2D eigenvalue weighted by Gasteiger charge is -2.31. The van der Waals surface area contributed by atoms with Crippen molar-refractivity contribution >= 4 is 17.6 Å². The lowest BCUT2D eigenvalue weighted by Crippen LogP contribution is -2.41. The van der Waals surface area contributed by atoms with Crippen LogP contribution in [0, 0.1) is 26.7 Å². The van der Waals surface area contributed by atoms with Crippen LogP contribution in [0.5, 0.6) is 0 Å². The molecule has 6 nitrogen and oxygen atoms in total. The molecule has 0 atom stereocenters. The summed E-state index contributed by atoms with van der Waals surface area (Å²) in [4.78, 5) is 26.9.